The predicted molar refractivity (Wildman–Crippen MR) is 129 cm³/mol. The van der Waals surface area contributed by atoms with E-state index in [9.17, 15) is 14.7 Å². The summed E-state index contributed by atoms with van der Waals surface area (Å²) >= 11 is 3.34. The second-order valence-electron chi connectivity index (χ2n) is 9.18. The van der Waals surface area contributed by atoms with E-state index in [2.05, 4.69) is 45.4 Å². The monoisotopic (exact) mass is 511 g/mol. The summed E-state index contributed by atoms with van der Waals surface area (Å²) in [5, 5.41) is 16.3. The van der Waals surface area contributed by atoms with Crippen LogP contribution in [-0.4, -0.2) is 28.9 Å². The van der Waals surface area contributed by atoms with Gasteiger partial charge in [0.15, 0.2) is 17.3 Å². The number of carbonyl (C=O) groups excluding carboxylic acids is 2. The number of hydrogen-bond donors (Lipinski definition) is 3. The average Bonchev–Trinajstić information content (AvgIpc) is 2.73. The van der Waals surface area contributed by atoms with E-state index in [-0.39, 0.29) is 28.6 Å². The maximum Gasteiger partial charge on any atom is 0.255 e. The number of anilines is 1. The highest BCUT2D eigenvalue weighted by molar-refractivity contribution is 9.10. The van der Waals surface area contributed by atoms with Crippen LogP contribution >= 0.6 is 15.9 Å². The number of carbonyl (C=O) groups is 2. The minimum absolute atomic E-state index is 0.00496. The Bertz CT molecular complexity index is 1200. The molecule has 1 atom stereocenters. The summed E-state index contributed by atoms with van der Waals surface area (Å²) in [6.07, 6.45) is 2.69. The Balaban J connectivity index is 1.83. The van der Waals surface area contributed by atoms with E-state index in [0.717, 1.165) is 10.2 Å². The van der Waals surface area contributed by atoms with E-state index < -0.39 is 5.92 Å². The first-order valence-corrected chi connectivity index (χ1v) is 11.4. The number of aromatic nitrogens is 1. The molecule has 1 aromatic heterocycles. The van der Waals surface area contributed by atoms with E-state index in [1.807, 2.05) is 6.92 Å². The number of rotatable bonds is 4. The standard InChI is InChI=1S/C25H26BrN3O4/c1-13-21(24(32)29-20-8-6-15(26)12-27-20)22(14-5-7-17(30)19(9-14)33-4)23-16(28-13)10-25(2,3)11-18(23)31/h5-9,12,22,28,30H,10-11H2,1-4H3,(H,27,29,32). The van der Waals surface area contributed by atoms with Gasteiger partial charge in [-0.2, -0.15) is 0 Å². The maximum atomic E-state index is 13.5. The third-order valence-corrected chi connectivity index (χ3v) is 6.46. The maximum absolute atomic E-state index is 13.5. The van der Waals surface area contributed by atoms with Gasteiger partial charge in [0, 0.05) is 45.5 Å². The highest BCUT2D eigenvalue weighted by Crippen LogP contribution is 2.47. The lowest BCUT2D eigenvalue weighted by atomic mass is 9.68. The molecule has 0 saturated heterocycles. The van der Waals surface area contributed by atoms with Gasteiger partial charge in [0.25, 0.3) is 5.91 Å². The number of aromatic hydroxyl groups is 1. The van der Waals surface area contributed by atoms with Crippen LogP contribution in [0.1, 0.15) is 45.1 Å². The van der Waals surface area contributed by atoms with E-state index in [1.165, 1.54) is 13.2 Å². The Hall–Kier alpha value is -3.13. The number of benzene rings is 1. The van der Waals surface area contributed by atoms with Crippen molar-refractivity contribution in [2.45, 2.75) is 39.5 Å². The van der Waals surface area contributed by atoms with Crippen LogP contribution in [0.5, 0.6) is 11.5 Å². The number of phenols is 1. The summed E-state index contributed by atoms with van der Waals surface area (Å²) in [5.41, 5.74) is 3.04. The molecule has 4 rings (SSSR count). The number of phenolic OH excluding ortho intramolecular Hbond substituents is 1. The van der Waals surface area contributed by atoms with Crippen molar-refractivity contribution >= 4 is 33.4 Å². The topological polar surface area (TPSA) is 101 Å². The zero-order valence-electron chi connectivity index (χ0n) is 19.0. The second kappa shape index (κ2) is 8.67. The molecule has 2 aromatic rings. The SMILES string of the molecule is COc1cc(C2C(C(=O)Nc3ccc(Br)cn3)=C(C)NC3=C2C(=O)CC(C)(C)C3)ccc1O. The number of amides is 1. The summed E-state index contributed by atoms with van der Waals surface area (Å²) < 4.78 is 6.10. The Kier molecular flexibility index (Phi) is 6.05. The molecular weight excluding hydrogens is 486 g/mol. The van der Waals surface area contributed by atoms with Gasteiger partial charge in [-0.1, -0.05) is 19.9 Å². The molecule has 8 heteroatoms. The van der Waals surface area contributed by atoms with Gasteiger partial charge < -0.3 is 20.5 Å². The second-order valence-corrected chi connectivity index (χ2v) is 10.1. The van der Waals surface area contributed by atoms with Crippen molar-refractivity contribution in [1.82, 2.24) is 10.3 Å². The van der Waals surface area contributed by atoms with Gasteiger partial charge in [-0.05, 0) is 64.5 Å². The molecule has 0 radical (unpaired) electrons. The predicted octanol–water partition coefficient (Wildman–Crippen LogP) is 4.80. The van der Waals surface area contributed by atoms with Crippen LogP contribution in [0.15, 0.2) is 63.5 Å². The van der Waals surface area contributed by atoms with Crippen molar-refractivity contribution in [1.29, 1.82) is 0 Å². The first kappa shape index (κ1) is 23.0. The molecule has 1 aromatic carbocycles. The van der Waals surface area contributed by atoms with Crippen molar-refractivity contribution in [3.05, 3.63) is 69.1 Å². The fourth-order valence-electron chi connectivity index (χ4n) is 4.58. The quantitative estimate of drug-likeness (QED) is 0.544. The molecule has 1 aliphatic carbocycles. The van der Waals surface area contributed by atoms with Crippen molar-refractivity contribution in [3.8, 4) is 11.5 Å². The Morgan fingerprint density at radius 2 is 2.03 bits per heavy atom. The average molecular weight is 512 g/mol. The van der Waals surface area contributed by atoms with E-state index in [1.54, 1.807) is 30.5 Å². The smallest absolute Gasteiger partial charge is 0.255 e. The van der Waals surface area contributed by atoms with Crippen LogP contribution in [0.4, 0.5) is 5.82 Å². The fourth-order valence-corrected chi connectivity index (χ4v) is 4.81. The Labute approximate surface area is 201 Å². The molecule has 0 fully saturated rings. The molecule has 0 spiro atoms. The summed E-state index contributed by atoms with van der Waals surface area (Å²) in [6, 6.07) is 8.42. The number of halogens is 1. The Morgan fingerprint density at radius 3 is 2.70 bits per heavy atom. The zero-order valence-corrected chi connectivity index (χ0v) is 20.5. The van der Waals surface area contributed by atoms with Crippen LogP contribution in [0.2, 0.25) is 0 Å². The lowest BCUT2D eigenvalue weighted by Crippen LogP contribution is -2.39. The van der Waals surface area contributed by atoms with Crippen molar-refractivity contribution in [2.75, 3.05) is 12.4 Å². The van der Waals surface area contributed by atoms with Crippen LogP contribution in [-0.2, 0) is 9.59 Å². The minimum atomic E-state index is -0.602. The van der Waals surface area contributed by atoms with Crippen LogP contribution < -0.4 is 15.4 Å². The highest BCUT2D eigenvalue weighted by atomic mass is 79.9. The van der Waals surface area contributed by atoms with Gasteiger partial charge >= 0.3 is 0 Å². The normalized spacial score (nSPS) is 19.7. The zero-order chi connectivity index (χ0) is 23.9. The number of dihydropyridines is 1. The summed E-state index contributed by atoms with van der Waals surface area (Å²) in [6.45, 7) is 5.97. The highest BCUT2D eigenvalue weighted by Gasteiger charge is 2.42. The van der Waals surface area contributed by atoms with Gasteiger partial charge in [-0.25, -0.2) is 4.98 Å². The summed E-state index contributed by atoms with van der Waals surface area (Å²) in [4.78, 5) is 31.1. The molecule has 0 saturated carbocycles. The van der Waals surface area contributed by atoms with Crippen LogP contribution in [0.25, 0.3) is 0 Å². The van der Waals surface area contributed by atoms with Crippen LogP contribution in [0.3, 0.4) is 0 Å². The Morgan fingerprint density at radius 1 is 1.27 bits per heavy atom. The molecule has 172 valence electrons. The number of methoxy groups -OCH3 is 1. The van der Waals surface area contributed by atoms with Crippen LogP contribution in [0, 0.1) is 5.41 Å². The van der Waals surface area contributed by atoms with Crippen molar-refractivity contribution in [2.24, 2.45) is 5.41 Å². The number of nitrogens with one attached hydrogen (secondary N) is 2. The third kappa shape index (κ3) is 4.53. The molecule has 1 unspecified atom stereocenters. The van der Waals surface area contributed by atoms with Gasteiger partial charge in [-0.15, -0.1) is 0 Å². The van der Waals surface area contributed by atoms with Gasteiger partial charge in [0.2, 0.25) is 0 Å². The number of allylic oxidation sites excluding steroid dienone is 3. The number of ketones is 1. The minimum Gasteiger partial charge on any atom is -0.504 e. The first-order chi connectivity index (χ1) is 15.6. The first-order valence-electron chi connectivity index (χ1n) is 10.6. The molecule has 1 amide bonds. The number of ether oxygens (including phenoxy) is 1. The molecule has 7 nitrogen and oxygen atoms in total. The van der Waals surface area contributed by atoms with Gasteiger partial charge in [-0.3, -0.25) is 9.59 Å². The largest absolute Gasteiger partial charge is 0.504 e. The van der Waals surface area contributed by atoms with E-state index >= 15 is 0 Å². The third-order valence-electron chi connectivity index (χ3n) is 5.99. The van der Waals surface area contributed by atoms with E-state index in [4.69, 9.17) is 4.74 Å². The summed E-state index contributed by atoms with van der Waals surface area (Å²) in [5.74, 6) is -0.271. The molecule has 2 aliphatic rings. The lowest BCUT2D eigenvalue weighted by molar-refractivity contribution is -0.118. The molecule has 2 heterocycles. The number of nitrogens with zero attached hydrogens (tertiary/aromatic N) is 1. The lowest BCUT2D eigenvalue weighted by Gasteiger charge is -2.39. The molecular formula is C25H26BrN3O4. The fraction of sp³-hybridized carbons (Fsp3) is 0.320. The molecule has 0 bridgehead atoms. The molecule has 1 aliphatic heterocycles. The van der Waals surface area contributed by atoms with Gasteiger partial charge in [0.05, 0.1) is 7.11 Å². The van der Waals surface area contributed by atoms with Crippen molar-refractivity contribution < 1.29 is 19.4 Å². The van der Waals surface area contributed by atoms with Crippen molar-refractivity contribution in [3.63, 3.8) is 0 Å². The van der Waals surface area contributed by atoms with Gasteiger partial charge in [0.1, 0.15) is 5.82 Å². The molecule has 3 N–H and O–H groups in total. The number of hydrogen-bond acceptors (Lipinski definition) is 6. The molecule has 33 heavy (non-hydrogen) atoms. The van der Waals surface area contributed by atoms with E-state index in [0.29, 0.717) is 41.1 Å². The summed E-state index contributed by atoms with van der Waals surface area (Å²) in [7, 11) is 1.47. The number of pyridine rings is 1. The number of Topliss-reactive ketones (excluding diaryl/α,β-unsaturated/α-hetero) is 1.